The summed E-state index contributed by atoms with van der Waals surface area (Å²) in [6.45, 7) is 9.96. The van der Waals surface area contributed by atoms with Gasteiger partial charge in [-0.2, -0.15) is 0 Å². The van der Waals surface area contributed by atoms with Gasteiger partial charge >= 0.3 is 7.12 Å². The van der Waals surface area contributed by atoms with E-state index in [4.69, 9.17) is 14.7 Å². The summed E-state index contributed by atoms with van der Waals surface area (Å²) < 4.78 is 12.1. The third-order valence-electron chi connectivity index (χ3n) is 4.24. The van der Waals surface area contributed by atoms with Crippen molar-refractivity contribution in [3.63, 3.8) is 0 Å². The summed E-state index contributed by atoms with van der Waals surface area (Å²) in [6.07, 6.45) is 0. The first-order valence-electron chi connectivity index (χ1n) is 6.91. The highest BCUT2D eigenvalue weighted by atomic mass is 16.7. The lowest BCUT2D eigenvalue weighted by Gasteiger charge is -2.32. The Balaban J connectivity index is 2.34. The Kier molecular flexibility index (Phi) is 3.69. The third-order valence-corrected chi connectivity index (χ3v) is 4.24. The molecule has 1 saturated heterocycles. The molecule has 2 N–H and O–H groups in total. The van der Waals surface area contributed by atoms with Crippen molar-refractivity contribution in [1.82, 2.24) is 0 Å². The molecule has 0 radical (unpaired) electrons. The quantitative estimate of drug-likeness (QED) is 0.657. The van der Waals surface area contributed by atoms with Crippen LogP contribution in [0, 0.1) is 5.41 Å². The van der Waals surface area contributed by atoms with Crippen LogP contribution in [0.25, 0.3) is 0 Å². The molecule has 20 heavy (non-hydrogen) atoms. The van der Waals surface area contributed by atoms with E-state index in [1.54, 1.807) is 6.92 Å². The van der Waals surface area contributed by atoms with E-state index >= 15 is 0 Å². The van der Waals surface area contributed by atoms with Gasteiger partial charge in [0.25, 0.3) is 0 Å². The number of anilines is 1. The van der Waals surface area contributed by atoms with Gasteiger partial charge in [0.15, 0.2) is 0 Å². The summed E-state index contributed by atoms with van der Waals surface area (Å²) in [4.78, 5) is 0. The predicted octanol–water partition coefficient (Wildman–Crippen LogP) is 2.42. The van der Waals surface area contributed by atoms with Crippen molar-refractivity contribution in [2.24, 2.45) is 0 Å². The van der Waals surface area contributed by atoms with Gasteiger partial charge in [0.1, 0.15) is 0 Å². The fraction of sp³-hybridized carbons (Fsp3) is 0.533. The van der Waals surface area contributed by atoms with Gasteiger partial charge in [-0.1, -0.05) is 12.1 Å². The lowest BCUT2D eigenvalue weighted by atomic mass is 9.78. The molecule has 1 aromatic carbocycles. The van der Waals surface area contributed by atoms with Gasteiger partial charge in [-0.3, -0.25) is 0 Å². The highest BCUT2D eigenvalue weighted by Gasteiger charge is 2.51. The normalized spacial score (nSPS) is 20.0. The largest absolute Gasteiger partial charge is 0.494 e. The van der Waals surface area contributed by atoms with Gasteiger partial charge in [-0.05, 0) is 46.1 Å². The highest BCUT2D eigenvalue weighted by molar-refractivity contribution is 6.62. The molecule has 5 heteroatoms. The van der Waals surface area contributed by atoms with Crippen LogP contribution in [0.4, 0.5) is 5.69 Å². The Labute approximate surface area is 121 Å². The predicted molar refractivity (Wildman–Crippen MR) is 84.2 cm³/mol. The maximum atomic E-state index is 7.78. The Morgan fingerprint density at radius 1 is 1.15 bits per heavy atom. The molecule has 1 aromatic rings. The van der Waals surface area contributed by atoms with E-state index in [0.29, 0.717) is 5.71 Å². The van der Waals surface area contributed by atoms with Crippen LogP contribution in [0.3, 0.4) is 0 Å². The van der Waals surface area contributed by atoms with Gasteiger partial charge in [0.05, 0.1) is 11.2 Å². The second-order valence-corrected chi connectivity index (χ2v) is 6.27. The lowest BCUT2D eigenvalue weighted by Crippen LogP contribution is -2.41. The topological polar surface area (TPSA) is 54.3 Å². The average molecular weight is 274 g/mol. The fourth-order valence-corrected chi connectivity index (χ4v) is 2.22. The Morgan fingerprint density at radius 3 is 2.15 bits per heavy atom. The molecule has 0 saturated carbocycles. The van der Waals surface area contributed by atoms with Crippen LogP contribution >= 0.6 is 0 Å². The van der Waals surface area contributed by atoms with Gasteiger partial charge in [-0.25, -0.2) is 0 Å². The van der Waals surface area contributed by atoms with Crippen LogP contribution in [0.5, 0.6) is 0 Å². The summed E-state index contributed by atoms with van der Waals surface area (Å²) in [6, 6.07) is 5.90. The first-order valence-corrected chi connectivity index (χ1v) is 6.91. The Morgan fingerprint density at radius 2 is 1.70 bits per heavy atom. The van der Waals surface area contributed by atoms with E-state index in [1.165, 1.54) is 0 Å². The van der Waals surface area contributed by atoms with E-state index in [0.717, 1.165) is 16.7 Å². The molecule has 1 fully saturated rings. The number of nitrogens with one attached hydrogen (secondary N) is 2. The van der Waals surface area contributed by atoms with E-state index in [9.17, 15) is 0 Å². The first-order chi connectivity index (χ1) is 9.18. The Hall–Kier alpha value is -1.33. The maximum absolute atomic E-state index is 7.78. The first kappa shape index (κ1) is 15.1. The van der Waals surface area contributed by atoms with Crippen LogP contribution in [0.15, 0.2) is 18.2 Å². The van der Waals surface area contributed by atoms with Gasteiger partial charge in [-0.15, -0.1) is 0 Å². The summed E-state index contributed by atoms with van der Waals surface area (Å²) in [5.41, 5.74) is 2.65. The summed E-state index contributed by atoms with van der Waals surface area (Å²) in [5.74, 6) is 0. The minimum Gasteiger partial charge on any atom is -0.399 e. The van der Waals surface area contributed by atoms with Crippen molar-refractivity contribution in [2.75, 3.05) is 12.4 Å². The molecule has 4 nitrogen and oxygen atoms in total. The second kappa shape index (κ2) is 4.90. The molecule has 0 aliphatic carbocycles. The molecular weight excluding hydrogens is 251 g/mol. The molecule has 108 valence electrons. The monoisotopic (exact) mass is 274 g/mol. The summed E-state index contributed by atoms with van der Waals surface area (Å²) >= 11 is 0. The zero-order valence-corrected chi connectivity index (χ0v) is 13.1. The van der Waals surface area contributed by atoms with Crippen LogP contribution in [0.1, 0.15) is 40.2 Å². The van der Waals surface area contributed by atoms with Crippen molar-refractivity contribution in [1.29, 1.82) is 5.41 Å². The molecule has 0 aromatic heterocycles. The minimum atomic E-state index is -0.368. The summed E-state index contributed by atoms with van der Waals surface area (Å²) in [7, 11) is 1.49. The molecule has 0 amide bonds. The van der Waals surface area contributed by atoms with Crippen LogP contribution in [-0.4, -0.2) is 31.1 Å². The van der Waals surface area contributed by atoms with E-state index in [-0.39, 0.29) is 18.3 Å². The van der Waals surface area contributed by atoms with Crippen LogP contribution in [-0.2, 0) is 9.31 Å². The van der Waals surface area contributed by atoms with E-state index in [2.05, 4.69) is 5.32 Å². The Bertz CT molecular complexity index is 525. The van der Waals surface area contributed by atoms with Crippen molar-refractivity contribution >= 4 is 24.0 Å². The average Bonchev–Trinajstić information content (AvgIpc) is 2.57. The molecule has 0 atom stereocenters. The van der Waals surface area contributed by atoms with E-state index < -0.39 is 0 Å². The lowest BCUT2D eigenvalue weighted by molar-refractivity contribution is 0.00578. The molecular formula is C15H23BN2O2. The zero-order valence-electron chi connectivity index (χ0n) is 13.1. The van der Waals surface area contributed by atoms with Crippen molar-refractivity contribution in [3.8, 4) is 0 Å². The molecule has 0 spiro atoms. The molecule has 0 bridgehead atoms. The number of hydrogen-bond acceptors (Lipinski definition) is 4. The van der Waals surface area contributed by atoms with Gasteiger partial charge in [0.2, 0.25) is 0 Å². The molecule has 1 aliphatic heterocycles. The van der Waals surface area contributed by atoms with Gasteiger partial charge < -0.3 is 20.0 Å². The SMILES string of the molecule is CNc1cc(B2OC(C)(C)C(C)(C)O2)ccc1C(C)=N. The molecule has 1 aliphatic rings. The summed E-state index contributed by atoms with van der Waals surface area (Å²) in [5, 5.41) is 10.9. The highest BCUT2D eigenvalue weighted by Crippen LogP contribution is 2.36. The standard InChI is InChI=1S/C15H23BN2O2/c1-10(17)12-8-7-11(9-13(12)18-6)16-19-14(2,3)15(4,5)20-16/h7-9,17-18H,1-6H3. The van der Waals surface area contributed by atoms with Crippen molar-refractivity contribution in [3.05, 3.63) is 23.8 Å². The maximum Gasteiger partial charge on any atom is 0.494 e. The second-order valence-electron chi connectivity index (χ2n) is 6.27. The van der Waals surface area contributed by atoms with Crippen molar-refractivity contribution in [2.45, 2.75) is 45.8 Å². The van der Waals surface area contributed by atoms with Crippen LogP contribution < -0.4 is 10.8 Å². The number of benzene rings is 1. The molecule has 0 unspecified atom stereocenters. The molecule has 1 heterocycles. The number of hydrogen-bond donors (Lipinski definition) is 2. The minimum absolute atomic E-state index is 0.340. The third kappa shape index (κ3) is 2.48. The van der Waals surface area contributed by atoms with E-state index in [1.807, 2.05) is 52.9 Å². The smallest absolute Gasteiger partial charge is 0.399 e. The number of rotatable bonds is 3. The fourth-order valence-electron chi connectivity index (χ4n) is 2.22. The van der Waals surface area contributed by atoms with Crippen LogP contribution in [0.2, 0.25) is 0 Å². The molecule has 2 rings (SSSR count). The van der Waals surface area contributed by atoms with Crippen molar-refractivity contribution < 1.29 is 9.31 Å². The van der Waals surface area contributed by atoms with Gasteiger partial charge in [0, 0.05) is 24.0 Å². The zero-order chi connectivity index (χ0) is 15.1.